The summed E-state index contributed by atoms with van der Waals surface area (Å²) in [4.78, 5) is 19.1. The Morgan fingerprint density at radius 1 is 1.06 bits per heavy atom. The zero-order valence-electron chi connectivity index (χ0n) is 17.3. The van der Waals surface area contributed by atoms with Gasteiger partial charge in [-0.25, -0.2) is 14.8 Å². The number of hydrazone groups is 1. The number of halogens is 1. The number of nitrogens with one attached hydrogen (secondary N) is 2. The molecule has 4 rings (SSSR count). The molecule has 0 fully saturated rings. The van der Waals surface area contributed by atoms with Crippen molar-refractivity contribution in [2.75, 3.05) is 5.43 Å². The molecule has 0 saturated heterocycles. The number of hydrogen-bond donors (Lipinski definition) is 2. The van der Waals surface area contributed by atoms with Crippen LogP contribution in [0.1, 0.15) is 16.7 Å². The molecular weight excluding hydrogens is 421 g/mol. The van der Waals surface area contributed by atoms with Gasteiger partial charge in [-0.3, -0.25) is 9.78 Å². The van der Waals surface area contributed by atoms with E-state index in [0.717, 1.165) is 11.1 Å². The van der Waals surface area contributed by atoms with Crippen molar-refractivity contribution in [1.29, 1.82) is 5.26 Å². The van der Waals surface area contributed by atoms with Gasteiger partial charge in [0.15, 0.2) is 0 Å². The zero-order valence-corrected chi connectivity index (χ0v) is 17.3. The largest absolute Gasteiger partial charge is 0.489 e. The van der Waals surface area contributed by atoms with E-state index in [1.807, 2.05) is 36.4 Å². The zero-order chi connectivity index (χ0) is 23.0. The van der Waals surface area contributed by atoms with Crippen molar-refractivity contribution in [3.63, 3.8) is 0 Å². The maximum absolute atomic E-state index is 12.9. The third-order valence-corrected chi connectivity index (χ3v) is 4.66. The van der Waals surface area contributed by atoms with Crippen LogP contribution < -0.4 is 15.7 Å². The fourth-order valence-electron chi connectivity index (χ4n) is 3.00. The van der Waals surface area contributed by atoms with Gasteiger partial charge < -0.3 is 4.74 Å². The molecule has 0 aliphatic rings. The summed E-state index contributed by atoms with van der Waals surface area (Å²) >= 11 is 0. The molecule has 0 spiro atoms. The van der Waals surface area contributed by atoms with Crippen molar-refractivity contribution in [1.82, 2.24) is 9.97 Å². The maximum Gasteiger partial charge on any atom is 0.270 e. The summed E-state index contributed by atoms with van der Waals surface area (Å²) in [6.07, 6.45) is 1.57. The van der Waals surface area contributed by atoms with Crippen molar-refractivity contribution in [3.05, 3.63) is 112 Å². The van der Waals surface area contributed by atoms with Gasteiger partial charge in [0, 0.05) is 5.56 Å². The van der Waals surface area contributed by atoms with Gasteiger partial charge in [0.2, 0.25) is 5.95 Å². The van der Waals surface area contributed by atoms with Gasteiger partial charge in [0.1, 0.15) is 29.8 Å². The van der Waals surface area contributed by atoms with Crippen molar-refractivity contribution >= 4 is 12.2 Å². The number of nitrogens with zero attached hydrogens (tertiary/aromatic N) is 3. The first-order valence-corrected chi connectivity index (χ1v) is 9.98. The number of anilines is 1. The highest BCUT2D eigenvalue weighted by Crippen LogP contribution is 2.19. The monoisotopic (exact) mass is 439 g/mol. The molecule has 0 aliphatic heterocycles. The van der Waals surface area contributed by atoms with Gasteiger partial charge in [-0.1, -0.05) is 54.6 Å². The Balaban J connectivity index is 1.42. The molecule has 2 N–H and O–H groups in total. The third kappa shape index (κ3) is 5.48. The Morgan fingerprint density at radius 3 is 2.48 bits per heavy atom. The molecule has 0 aliphatic carbocycles. The lowest BCUT2D eigenvalue weighted by Crippen LogP contribution is -2.16. The van der Waals surface area contributed by atoms with Gasteiger partial charge in [-0.05, 0) is 35.4 Å². The molecule has 1 heterocycles. The molecule has 0 bridgehead atoms. The number of rotatable bonds is 7. The third-order valence-electron chi connectivity index (χ3n) is 4.66. The first-order chi connectivity index (χ1) is 16.1. The van der Waals surface area contributed by atoms with Gasteiger partial charge in [-0.15, -0.1) is 0 Å². The maximum atomic E-state index is 12.9. The van der Waals surface area contributed by atoms with E-state index in [-0.39, 0.29) is 23.0 Å². The van der Waals surface area contributed by atoms with Crippen LogP contribution in [0, 0.1) is 17.1 Å². The van der Waals surface area contributed by atoms with Crippen LogP contribution in [0.25, 0.3) is 11.3 Å². The van der Waals surface area contributed by atoms with Crippen LogP contribution in [0.15, 0.2) is 88.8 Å². The van der Waals surface area contributed by atoms with E-state index in [1.54, 1.807) is 42.6 Å². The van der Waals surface area contributed by atoms with Crippen LogP contribution in [0.2, 0.25) is 0 Å². The fourth-order valence-corrected chi connectivity index (χ4v) is 3.00. The molecule has 8 heteroatoms. The molecule has 4 aromatic rings. The van der Waals surface area contributed by atoms with Crippen LogP contribution >= 0.6 is 0 Å². The normalized spacial score (nSPS) is 10.7. The molecule has 162 valence electrons. The standard InChI is InChI=1S/C25H18FN5O2/c26-20-10-12-21(13-11-20)33-16-18-8-6-17(7-9-18)15-28-31-25-29-23(19-4-2-1-3-5-19)22(14-27)24(32)30-25/h1-13,15H,16H2,(H2,29,30,31,32). The van der Waals surface area contributed by atoms with E-state index in [0.29, 0.717) is 17.9 Å². The number of hydrogen-bond acceptors (Lipinski definition) is 6. The molecule has 0 radical (unpaired) electrons. The van der Waals surface area contributed by atoms with E-state index >= 15 is 0 Å². The number of aromatic nitrogens is 2. The number of aromatic amines is 1. The lowest BCUT2D eigenvalue weighted by atomic mass is 10.1. The van der Waals surface area contributed by atoms with E-state index in [4.69, 9.17) is 4.74 Å². The van der Waals surface area contributed by atoms with Crippen molar-refractivity contribution in [2.24, 2.45) is 5.10 Å². The first kappa shape index (κ1) is 21.5. The van der Waals surface area contributed by atoms with E-state index in [9.17, 15) is 14.4 Å². The van der Waals surface area contributed by atoms with Crippen LogP contribution in [0.5, 0.6) is 5.75 Å². The molecule has 0 unspecified atom stereocenters. The Kier molecular flexibility index (Phi) is 6.52. The van der Waals surface area contributed by atoms with E-state index in [2.05, 4.69) is 20.5 Å². The number of H-pyrrole nitrogens is 1. The minimum atomic E-state index is -0.547. The summed E-state index contributed by atoms with van der Waals surface area (Å²) in [6, 6.07) is 24.2. The predicted molar refractivity (Wildman–Crippen MR) is 123 cm³/mol. The van der Waals surface area contributed by atoms with Gasteiger partial charge in [-0.2, -0.15) is 10.4 Å². The number of benzene rings is 3. The molecule has 0 atom stereocenters. The van der Waals surface area contributed by atoms with Gasteiger partial charge in [0.05, 0.1) is 11.9 Å². The van der Waals surface area contributed by atoms with Crippen molar-refractivity contribution in [2.45, 2.75) is 6.61 Å². The predicted octanol–water partition coefficient (Wildman–Crippen LogP) is 4.47. The highest BCUT2D eigenvalue weighted by Gasteiger charge is 2.12. The second kappa shape index (κ2) is 10.0. The second-order valence-electron chi connectivity index (χ2n) is 6.97. The lowest BCUT2D eigenvalue weighted by molar-refractivity contribution is 0.306. The Labute approximate surface area is 188 Å². The molecule has 1 aromatic heterocycles. The molecular formula is C25H18FN5O2. The molecule has 0 saturated carbocycles. The van der Waals surface area contributed by atoms with E-state index < -0.39 is 5.56 Å². The van der Waals surface area contributed by atoms with Crippen molar-refractivity contribution < 1.29 is 9.13 Å². The van der Waals surface area contributed by atoms with Gasteiger partial charge >= 0.3 is 0 Å². The summed E-state index contributed by atoms with van der Waals surface area (Å²) < 4.78 is 18.6. The molecule has 7 nitrogen and oxygen atoms in total. The average molecular weight is 439 g/mol. The molecule has 0 amide bonds. The summed E-state index contributed by atoms with van der Waals surface area (Å²) in [5.74, 6) is 0.402. The molecule has 33 heavy (non-hydrogen) atoms. The summed E-state index contributed by atoms with van der Waals surface area (Å²) in [7, 11) is 0. The number of nitriles is 1. The minimum absolute atomic E-state index is 0.0609. The Bertz CT molecular complexity index is 1360. The SMILES string of the molecule is N#Cc1c(-c2ccccc2)nc(NN=Cc2ccc(COc3ccc(F)cc3)cc2)[nH]c1=O. The summed E-state index contributed by atoms with van der Waals surface area (Å²) in [5, 5.41) is 13.4. The van der Waals surface area contributed by atoms with E-state index in [1.165, 1.54) is 12.1 Å². The lowest BCUT2D eigenvalue weighted by Gasteiger charge is -2.07. The topological polar surface area (TPSA) is 103 Å². The summed E-state index contributed by atoms with van der Waals surface area (Å²) in [5.41, 5.74) is 4.78. The van der Waals surface area contributed by atoms with Gasteiger partial charge in [0.25, 0.3) is 5.56 Å². The van der Waals surface area contributed by atoms with Crippen LogP contribution in [-0.2, 0) is 6.61 Å². The van der Waals surface area contributed by atoms with Crippen LogP contribution in [-0.4, -0.2) is 16.2 Å². The average Bonchev–Trinajstić information content (AvgIpc) is 2.85. The quantitative estimate of drug-likeness (QED) is 0.327. The fraction of sp³-hybridized carbons (Fsp3) is 0.0400. The van der Waals surface area contributed by atoms with Crippen LogP contribution in [0.4, 0.5) is 10.3 Å². The summed E-state index contributed by atoms with van der Waals surface area (Å²) in [6.45, 7) is 0.347. The highest BCUT2D eigenvalue weighted by molar-refractivity contribution is 5.80. The second-order valence-corrected chi connectivity index (χ2v) is 6.97. The number of ether oxygens (including phenoxy) is 1. The van der Waals surface area contributed by atoms with Crippen LogP contribution in [0.3, 0.4) is 0 Å². The molecule has 3 aromatic carbocycles. The van der Waals surface area contributed by atoms with Crippen molar-refractivity contribution in [3.8, 4) is 23.1 Å². The Morgan fingerprint density at radius 2 is 1.79 bits per heavy atom. The Hall–Kier alpha value is -4.77. The smallest absolute Gasteiger partial charge is 0.270 e. The highest BCUT2D eigenvalue weighted by atomic mass is 19.1. The minimum Gasteiger partial charge on any atom is -0.489 e. The first-order valence-electron chi connectivity index (χ1n) is 9.98.